The lowest BCUT2D eigenvalue weighted by molar-refractivity contribution is 0.0896. The minimum atomic E-state index is -0.0140. The summed E-state index contributed by atoms with van der Waals surface area (Å²) in [6.45, 7) is 8.83. The molecule has 0 atom stereocenters. The molecule has 0 aromatic carbocycles. The summed E-state index contributed by atoms with van der Waals surface area (Å²) in [5.74, 6) is 0.760. The maximum absolute atomic E-state index is 12.3. The Morgan fingerprint density at radius 2 is 2.00 bits per heavy atom. The highest BCUT2D eigenvalue weighted by atomic mass is 32.1. The zero-order valence-electron chi connectivity index (χ0n) is 13.5. The lowest BCUT2D eigenvalue weighted by Crippen LogP contribution is -2.39. The van der Waals surface area contributed by atoms with E-state index in [1.54, 1.807) is 0 Å². The van der Waals surface area contributed by atoms with Crippen LogP contribution in [0.1, 0.15) is 68.2 Å². The van der Waals surface area contributed by atoms with E-state index in [0.29, 0.717) is 21.5 Å². The number of hydrogen-bond donors (Lipinski definition) is 2. The summed E-state index contributed by atoms with van der Waals surface area (Å²) in [5, 5.41) is 3.62. The topological polar surface area (TPSA) is 68.0 Å². The molecule has 0 spiro atoms. The van der Waals surface area contributed by atoms with Gasteiger partial charge in [-0.3, -0.25) is 4.79 Å². The van der Waals surface area contributed by atoms with Crippen LogP contribution in [0.3, 0.4) is 0 Å². The second-order valence-corrected chi connectivity index (χ2v) is 7.86. The van der Waals surface area contributed by atoms with Crippen molar-refractivity contribution in [2.24, 2.45) is 11.3 Å². The van der Waals surface area contributed by atoms with Crippen molar-refractivity contribution in [3.05, 3.63) is 10.6 Å². The fourth-order valence-corrected chi connectivity index (χ4v) is 3.92. The number of amides is 1. The van der Waals surface area contributed by atoms with Crippen LogP contribution < -0.4 is 11.1 Å². The Bertz CT molecular complexity index is 502. The van der Waals surface area contributed by atoms with Gasteiger partial charge < -0.3 is 11.1 Å². The van der Waals surface area contributed by atoms with Crippen molar-refractivity contribution >= 4 is 22.4 Å². The summed E-state index contributed by atoms with van der Waals surface area (Å²) in [6, 6.07) is 0.295. The number of nitrogens with two attached hydrogens (primary N) is 1. The summed E-state index contributed by atoms with van der Waals surface area (Å²) in [7, 11) is 0. The monoisotopic (exact) mass is 309 g/mol. The van der Waals surface area contributed by atoms with Gasteiger partial charge in [0.1, 0.15) is 4.88 Å². The molecule has 0 radical (unpaired) electrons. The molecule has 21 heavy (non-hydrogen) atoms. The Hall–Kier alpha value is -1.10. The van der Waals surface area contributed by atoms with E-state index < -0.39 is 0 Å². The summed E-state index contributed by atoms with van der Waals surface area (Å²) >= 11 is 1.27. The fraction of sp³-hybridized carbons (Fsp3) is 0.750. The second kappa shape index (κ2) is 6.34. The second-order valence-electron chi connectivity index (χ2n) is 6.83. The molecule has 1 aromatic heterocycles. The first-order chi connectivity index (χ1) is 9.83. The number of aryl methyl sites for hydroxylation is 1. The number of carbonyl (C=O) groups is 1. The maximum atomic E-state index is 12.3. The van der Waals surface area contributed by atoms with Crippen molar-refractivity contribution in [3.8, 4) is 0 Å². The SMILES string of the molecule is CCC(C)(C)C1CCC(NC(=O)c2sc(N)nc2C)CC1. The molecule has 1 amide bonds. The largest absolute Gasteiger partial charge is 0.375 e. The Labute approximate surface area is 131 Å². The maximum Gasteiger partial charge on any atom is 0.263 e. The molecule has 0 saturated heterocycles. The smallest absolute Gasteiger partial charge is 0.263 e. The zero-order valence-corrected chi connectivity index (χ0v) is 14.3. The van der Waals surface area contributed by atoms with Crippen molar-refractivity contribution in [1.29, 1.82) is 0 Å². The molecule has 1 aliphatic carbocycles. The quantitative estimate of drug-likeness (QED) is 0.890. The molecule has 1 aromatic rings. The first-order valence-electron chi connectivity index (χ1n) is 7.87. The highest BCUT2D eigenvalue weighted by Gasteiger charge is 2.32. The van der Waals surface area contributed by atoms with Gasteiger partial charge in [0, 0.05) is 6.04 Å². The van der Waals surface area contributed by atoms with E-state index >= 15 is 0 Å². The molecule has 1 heterocycles. The van der Waals surface area contributed by atoms with Gasteiger partial charge >= 0.3 is 0 Å². The molecule has 0 bridgehead atoms. The van der Waals surface area contributed by atoms with Crippen LogP contribution in [0.25, 0.3) is 0 Å². The number of rotatable bonds is 4. The standard InChI is InChI=1S/C16H27N3OS/c1-5-16(3,4)11-6-8-12(9-7-11)19-14(20)13-10(2)18-15(17)21-13/h11-12H,5-9H2,1-4H3,(H2,17,18)(H,19,20). The van der Waals surface area contributed by atoms with Gasteiger partial charge in [0.05, 0.1) is 5.69 Å². The zero-order chi connectivity index (χ0) is 15.6. The summed E-state index contributed by atoms with van der Waals surface area (Å²) in [6.07, 6.45) is 5.78. The minimum Gasteiger partial charge on any atom is -0.375 e. The van der Waals surface area contributed by atoms with Crippen LogP contribution in [0.15, 0.2) is 0 Å². The Kier molecular flexibility index (Phi) is 4.91. The van der Waals surface area contributed by atoms with Gasteiger partial charge in [0.25, 0.3) is 5.91 Å². The molecule has 5 heteroatoms. The lowest BCUT2D eigenvalue weighted by Gasteiger charge is -2.39. The number of thiazole rings is 1. The average Bonchev–Trinajstić information content (AvgIpc) is 2.78. The molecule has 1 aliphatic rings. The molecule has 1 fully saturated rings. The summed E-state index contributed by atoms with van der Waals surface area (Å²) in [5.41, 5.74) is 6.81. The number of nitrogen functional groups attached to an aromatic ring is 1. The predicted octanol–water partition coefficient (Wildman–Crippen LogP) is 3.76. The minimum absolute atomic E-state index is 0.0140. The van der Waals surface area contributed by atoms with Crippen LogP contribution in [-0.4, -0.2) is 16.9 Å². The van der Waals surface area contributed by atoms with E-state index in [0.717, 1.165) is 24.5 Å². The van der Waals surface area contributed by atoms with Gasteiger partial charge in [-0.25, -0.2) is 4.98 Å². The third-order valence-corrected chi connectivity index (χ3v) is 6.08. The predicted molar refractivity (Wildman–Crippen MR) is 88.5 cm³/mol. The first-order valence-corrected chi connectivity index (χ1v) is 8.69. The summed E-state index contributed by atoms with van der Waals surface area (Å²) < 4.78 is 0. The van der Waals surface area contributed by atoms with Crippen LogP contribution >= 0.6 is 11.3 Å². The van der Waals surface area contributed by atoms with E-state index in [2.05, 4.69) is 31.1 Å². The Morgan fingerprint density at radius 3 is 2.48 bits per heavy atom. The van der Waals surface area contributed by atoms with Crippen molar-refractivity contribution in [3.63, 3.8) is 0 Å². The normalized spacial score (nSPS) is 23.0. The lowest BCUT2D eigenvalue weighted by atomic mass is 9.69. The van der Waals surface area contributed by atoms with E-state index in [1.165, 1.54) is 30.6 Å². The van der Waals surface area contributed by atoms with E-state index in [1.807, 2.05) is 6.92 Å². The van der Waals surface area contributed by atoms with Gasteiger partial charge in [-0.15, -0.1) is 0 Å². The highest BCUT2D eigenvalue weighted by molar-refractivity contribution is 7.17. The van der Waals surface area contributed by atoms with E-state index in [9.17, 15) is 4.79 Å². The van der Waals surface area contributed by atoms with Crippen LogP contribution in [-0.2, 0) is 0 Å². The van der Waals surface area contributed by atoms with E-state index in [-0.39, 0.29) is 5.91 Å². The number of carbonyl (C=O) groups excluding carboxylic acids is 1. The van der Waals surface area contributed by atoms with Crippen LogP contribution in [0.4, 0.5) is 5.13 Å². The van der Waals surface area contributed by atoms with Gasteiger partial charge in [-0.05, 0) is 43.9 Å². The molecule has 2 rings (SSSR count). The summed E-state index contributed by atoms with van der Waals surface area (Å²) in [4.78, 5) is 17.1. The average molecular weight is 309 g/mol. The molecule has 4 nitrogen and oxygen atoms in total. The molecular formula is C16H27N3OS. The number of nitrogens with one attached hydrogen (secondary N) is 1. The third-order valence-electron chi connectivity index (χ3n) is 5.10. The molecule has 118 valence electrons. The van der Waals surface area contributed by atoms with Gasteiger partial charge in [0.2, 0.25) is 0 Å². The molecule has 3 N–H and O–H groups in total. The highest BCUT2D eigenvalue weighted by Crippen LogP contribution is 2.40. The molecular weight excluding hydrogens is 282 g/mol. The third kappa shape index (κ3) is 3.76. The Balaban J connectivity index is 1.89. The van der Waals surface area contributed by atoms with Gasteiger partial charge in [-0.1, -0.05) is 38.5 Å². The van der Waals surface area contributed by atoms with Gasteiger partial charge in [-0.2, -0.15) is 0 Å². The Morgan fingerprint density at radius 1 is 1.38 bits per heavy atom. The van der Waals surface area contributed by atoms with Crippen LogP contribution in [0, 0.1) is 18.3 Å². The first kappa shape index (κ1) is 16.3. The van der Waals surface area contributed by atoms with Crippen molar-refractivity contribution in [2.45, 2.75) is 65.8 Å². The van der Waals surface area contributed by atoms with Crippen molar-refractivity contribution in [1.82, 2.24) is 10.3 Å². The number of anilines is 1. The van der Waals surface area contributed by atoms with Crippen LogP contribution in [0.5, 0.6) is 0 Å². The molecule has 0 aliphatic heterocycles. The van der Waals surface area contributed by atoms with Gasteiger partial charge in [0.15, 0.2) is 5.13 Å². The number of aromatic nitrogens is 1. The molecule has 0 unspecified atom stereocenters. The number of nitrogens with zero attached hydrogens (tertiary/aromatic N) is 1. The van der Waals surface area contributed by atoms with E-state index in [4.69, 9.17) is 5.73 Å². The van der Waals surface area contributed by atoms with Crippen molar-refractivity contribution in [2.75, 3.05) is 5.73 Å². The molecule has 1 saturated carbocycles. The van der Waals surface area contributed by atoms with Crippen molar-refractivity contribution < 1.29 is 4.79 Å². The fourth-order valence-electron chi connectivity index (χ4n) is 3.19. The number of hydrogen-bond acceptors (Lipinski definition) is 4. The van der Waals surface area contributed by atoms with Crippen LogP contribution in [0.2, 0.25) is 0 Å².